The Bertz CT molecular complexity index is 868. The van der Waals surface area contributed by atoms with Crippen LogP contribution in [0.2, 0.25) is 0 Å². The summed E-state index contributed by atoms with van der Waals surface area (Å²) in [5.74, 6) is 1.19. The number of hydrogen-bond donors (Lipinski definition) is 1. The van der Waals surface area contributed by atoms with Gasteiger partial charge in [-0.3, -0.25) is 4.79 Å². The number of aliphatic carboxylic acids is 1. The Morgan fingerprint density at radius 2 is 2.06 bits per heavy atom. The van der Waals surface area contributed by atoms with Gasteiger partial charge in [0.1, 0.15) is 11.7 Å². The van der Waals surface area contributed by atoms with E-state index in [9.17, 15) is 14.7 Å². The minimum absolute atomic E-state index is 0.0666. The van der Waals surface area contributed by atoms with Crippen molar-refractivity contribution in [3.05, 3.63) is 11.6 Å². The van der Waals surface area contributed by atoms with Crippen molar-refractivity contribution in [2.45, 2.75) is 97.7 Å². The largest absolute Gasteiger partial charge is 0.481 e. The number of carbonyl (C=O) groups excluding carboxylic acids is 1. The number of carboxylic acid groups (broad SMARTS) is 1. The van der Waals surface area contributed by atoms with Gasteiger partial charge in [0.05, 0.1) is 17.6 Å². The fourth-order valence-corrected chi connectivity index (χ4v) is 11.0. The number of fused-ring (bicyclic) bond motifs is 2. The zero-order valence-corrected chi connectivity index (χ0v) is 23.6. The number of carbonyl (C=O) groups is 2. The van der Waals surface area contributed by atoms with Crippen molar-refractivity contribution in [2.75, 3.05) is 4.43 Å². The summed E-state index contributed by atoms with van der Waals surface area (Å²) in [5, 5.41) is 11.2. The molecule has 4 aliphatic carbocycles. The normalized spacial score (nSPS) is 48.9. The summed E-state index contributed by atoms with van der Waals surface area (Å²) in [6.07, 6.45) is 13.1. The fourth-order valence-electron chi connectivity index (χ4n) is 10.1. The summed E-state index contributed by atoms with van der Waals surface area (Å²) in [7, 11) is 0. The summed E-state index contributed by atoms with van der Waals surface area (Å²) in [5.41, 5.74) is -1.34. The molecule has 0 aromatic rings. The molecule has 1 aliphatic heterocycles. The quantitative estimate of drug-likeness (QED) is 0.108. The van der Waals surface area contributed by atoms with Gasteiger partial charge in [-0.1, -0.05) is 87.6 Å². The van der Waals surface area contributed by atoms with Gasteiger partial charge in [0, 0.05) is 9.84 Å². The van der Waals surface area contributed by atoms with Crippen LogP contribution in [-0.4, -0.2) is 34.0 Å². The molecule has 5 heteroatoms. The van der Waals surface area contributed by atoms with Crippen molar-refractivity contribution in [2.24, 2.45) is 51.8 Å². The number of aldehydes is 1. The maximum absolute atomic E-state index is 13.7. The average molecular weight is 583 g/mol. The Morgan fingerprint density at radius 1 is 1.29 bits per heavy atom. The standard InChI is InChI=1S/C29H43IO4/c1-5-6-7-8-19-11-25(34-24(19)15-30)28-14-21-18(4)9-10-22(21)27(16-31)13-20(28)12-23(17(2)3)29(27,28)26(32)33/h12,16-22,24-25H,5-11,13-15H2,1-4H3,(H,32,33)/t18-,19?,20?,21-,22-,24?,25?,27?,28?,29+/m1/s1. The topological polar surface area (TPSA) is 63.6 Å². The second-order valence-electron chi connectivity index (χ2n) is 12.7. The predicted octanol–water partition coefficient (Wildman–Crippen LogP) is 6.70. The minimum atomic E-state index is -1.11. The highest BCUT2D eigenvalue weighted by Gasteiger charge is 2.86. The maximum atomic E-state index is 13.7. The molecule has 0 aromatic carbocycles. The zero-order valence-electron chi connectivity index (χ0n) is 21.4. The van der Waals surface area contributed by atoms with Crippen LogP contribution in [0, 0.1) is 51.8 Å². The van der Waals surface area contributed by atoms with Gasteiger partial charge in [-0.2, -0.15) is 0 Å². The van der Waals surface area contributed by atoms with Gasteiger partial charge in [0.15, 0.2) is 0 Å². The van der Waals surface area contributed by atoms with Crippen molar-refractivity contribution in [1.29, 1.82) is 0 Å². The number of hydrogen-bond acceptors (Lipinski definition) is 3. The van der Waals surface area contributed by atoms with Crippen molar-refractivity contribution in [1.82, 2.24) is 0 Å². The molecule has 190 valence electrons. The minimum Gasteiger partial charge on any atom is -0.481 e. The van der Waals surface area contributed by atoms with Crippen molar-refractivity contribution in [3.8, 4) is 0 Å². The molecule has 5 rings (SSSR count). The van der Waals surface area contributed by atoms with Gasteiger partial charge >= 0.3 is 5.97 Å². The van der Waals surface area contributed by atoms with E-state index in [-0.39, 0.29) is 30.0 Å². The lowest BCUT2D eigenvalue weighted by Crippen LogP contribution is -2.65. The van der Waals surface area contributed by atoms with Gasteiger partial charge in [0.25, 0.3) is 0 Å². The number of alkyl halides is 1. The Morgan fingerprint density at radius 3 is 2.68 bits per heavy atom. The van der Waals surface area contributed by atoms with Crippen LogP contribution in [0.15, 0.2) is 11.6 Å². The molecule has 4 nitrogen and oxygen atoms in total. The van der Waals surface area contributed by atoms with Crippen LogP contribution in [0.4, 0.5) is 0 Å². The molecule has 0 aromatic heterocycles. The molecule has 1 saturated heterocycles. The van der Waals surface area contributed by atoms with Crippen molar-refractivity contribution in [3.63, 3.8) is 0 Å². The predicted molar refractivity (Wildman–Crippen MR) is 142 cm³/mol. The smallest absolute Gasteiger partial charge is 0.315 e. The Hall–Kier alpha value is -0.430. The van der Waals surface area contributed by atoms with Crippen LogP contribution < -0.4 is 0 Å². The molecule has 4 fully saturated rings. The first kappa shape index (κ1) is 25.2. The SMILES string of the molecule is CCCCCC1CC(C23C[C@@H]4[C@H](C)CC[C@H]4C4(C=O)CC2C=C(C(C)C)[C@@]34C(=O)O)OC1CI. The number of halogens is 1. The lowest BCUT2D eigenvalue weighted by atomic mass is 9.41. The molecule has 1 heterocycles. The maximum Gasteiger partial charge on any atom is 0.315 e. The van der Waals surface area contributed by atoms with Crippen LogP contribution >= 0.6 is 22.6 Å². The molecule has 4 bridgehead atoms. The van der Waals surface area contributed by atoms with E-state index in [0.29, 0.717) is 24.2 Å². The van der Waals surface area contributed by atoms with Gasteiger partial charge in [0.2, 0.25) is 0 Å². The Kier molecular flexibility index (Phi) is 6.57. The molecule has 34 heavy (non-hydrogen) atoms. The van der Waals surface area contributed by atoms with E-state index < -0.39 is 22.2 Å². The van der Waals surface area contributed by atoms with Gasteiger partial charge < -0.3 is 14.6 Å². The molecule has 6 unspecified atom stereocenters. The molecule has 5 aliphatic rings. The number of unbranched alkanes of at least 4 members (excludes halogenated alkanes) is 2. The number of allylic oxidation sites excluding steroid dienone is 1. The fraction of sp³-hybridized carbons (Fsp3) is 0.862. The molecule has 10 atom stereocenters. The monoisotopic (exact) mass is 582 g/mol. The summed E-state index contributed by atoms with van der Waals surface area (Å²) in [6, 6.07) is 0. The van der Waals surface area contributed by atoms with Crippen molar-refractivity contribution < 1.29 is 19.4 Å². The lowest BCUT2D eigenvalue weighted by molar-refractivity contribution is -0.196. The highest BCUT2D eigenvalue weighted by molar-refractivity contribution is 14.1. The van der Waals surface area contributed by atoms with Gasteiger partial charge in [-0.15, -0.1) is 0 Å². The van der Waals surface area contributed by atoms with Crippen LogP contribution in [0.25, 0.3) is 0 Å². The number of ether oxygens (including phenoxy) is 1. The van der Waals surface area contributed by atoms with E-state index in [1.165, 1.54) is 25.7 Å². The Balaban J connectivity index is 1.65. The summed E-state index contributed by atoms with van der Waals surface area (Å²) in [6.45, 7) is 8.84. The number of carboxylic acids is 1. The van der Waals surface area contributed by atoms with Crippen LogP contribution in [0.5, 0.6) is 0 Å². The highest BCUT2D eigenvalue weighted by Crippen LogP contribution is 2.84. The summed E-state index contributed by atoms with van der Waals surface area (Å²) < 4.78 is 7.91. The summed E-state index contributed by atoms with van der Waals surface area (Å²) >= 11 is 2.46. The molecular weight excluding hydrogens is 539 g/mol. The van der Waals surface area contributed by atoms with Gasteiger partial charge in [-0.25, -0.2) is 0 Å². The van der Waals surface area contributed by atoms with E-state index in [4.69, 9.17) is 4.74 Å². The molecule has 1 N–H and O–H groups in total. The highest BCUT2D eigenvalue weighted by atomic mass is 127. The number of rotatable bonds is 9. The van der Waals surface area contributed by atoms with E-state index >= 15 is 0 Å². The third-order valence-corrected chi connectivity index (χ3v) is 12.2. The second-order valence-corrected chi connectivity index (χ2v) is 13.6. The van der Waals surface area contributed by atoms with Crippen LogP contribution in [0.1, 0.15) is 85.5 Å². The molecule has 3 saturated carbocycles. The first-order valence-electron chi connectivity index (χ1n) is 13.9. The third kappa shape index (κ3) is 2.92. The van der Waals surface area contributed by atoms with Crippen molar-refractivity contribution >= 4 is 34.8 Å². The summed E-state index contributed by atoms with van der Waals surface area (Å²) in [4.78, 5) is 26.9. The van der Waals surface area contributed by atoms with Crippen LogP contribution in [0.3, 0.4) is 0 Å². The van der Waals surface area contributed by atoms with Crippen LogP contribution in [-0.2, 0) is 14.3 Å². The molecule has 0 radical (unpaired) electrons. The van der Waals surface area contributed by atoms with E-state index in [1.807, 2.05) is 0 Å². The first-order valence-corrected chi connectivity index (χ1v) is 15.4. The third-order valence-electron chi connectivity index (χ3n) is 11.3. The lowest BCUT2D eigenvalue weighted by Gasteiger charge is -2.60. The first-order chi connectivity index (χ1) is 16.2. The molecule has 0 amide bonds. The zero-order chi connectivity index (χ0) is 24.5. The second kappa shape index (κ2) is 8.85. The molecular formula is C29H43IO4. The molecule has 0 spiro atoms. The van der Waals surface area contributed by atoms with E-state index in [1.54, 1.807) is 0 Å². The van der Waals surface area contributed by atoms with Gasteiger partial charge in [-0.05, 0) is 67.6 Å². The van der Waals surface area contributed by atoms with E-state index in [0.717, 1.165) is 42.0 Å². The Labute approximate surface area is 219 Å². The van der Waals surface area contributed by atoms with E-state index in [2.05, 4.69) is 56.4 Å². The average Bonchev–Trinajstić information content (AvgIpc) is 3.51.